The average molecular weight is 194 g/mol. The lowest BCUT2D eigenvalue weighted by Crippen LogP contribution is -2.12. The van der Waals surface area contributed by atoms with Gasteiger partial charge in [0.25, 0.3) is 0 Å². The lowest BCUT2D eigenvalue weighted by molar-refractivity contribution is 0.527. The fourth-order valence-electron chi connectivity index (χ4n) is 1.26. The third-order valence-corrected chi connectivity index (χ3v) is 2.58. The molecule has 0 saturated heterocycles. The van der Waals surface area contributed by atoms with Crippen LogP contribution in [0, 0.1) is 6.92 Å². The zero-order valence-electron chi connectivity index (χ0n) is 7.23. The Morgan fingerprint density at radius 2 is 2.38 bits per heavy atom. The molecule has 0 radical (unpaired) electrons. The molecular formula is C9H10N2OS. The Labute approximate surface area is 80.4 Å². The maximum absolute atomic E-state index is 5.99. The average Bonchev–Trinajstić information content (AvgIpc) is 2.72. The van der Waals surface area contributed by atoms with E-state index in [2.05, 4.69) is 4.37 Å². The first-order chi connectivity index (χ1) is 6.29. The first kappa shape index (κ1) is 8.47. The van der Waals surface area contributed by atoms with Crippen LogP contribution in [0.2, 0.25) is 0 Å². The summed E-state index contributed by atoms with van der Waals surface area (Å²) in [7, 11) is 0. The summed E-state index contributed by atoms with van der Waals surface area (Å²) in [5.74, 6) is 0.862. The van der Waals surface area contributed by atoms with E-state index < -0.39 is 0 Å². The largest absolute Gasteiger partial charge is 0.469 e. The van der Waals surface area contributed by atoms with Gasteiger partial charge in [0.15, 0.2) is 0 Å². The molecule has 0 aliphatic heterocycles. The molecule has 2 rings (SSSR count). The van der Waals surface area contributed by atoms with E-state index in [9.17, 15) is 0 Å². The Morgan fingerprint density at radius 3 is 2.92 bits per heavy atom. The van der Waals surface area contributed by atoms with Crippen molar-refractivity contribution in [2.24, 2.45) is 5.73 Å². The molecule has 0 fully saturated rings. The fourth-order valence-corrected chi connectivity index (χ4v) is 1.82. The molecule has 0 saturated carbocycles. The smallest absolute Gasteiger partial charge is 0.105 e. The second kappa shape index (κ2) is 3.32. The van der Waals surface area contributed by atoms with Crippen molar-refractivity contribution in [3.05, 3.63) is 40.8 Å². The number of nitrogens with zero attached hydrogens (tertiary/aromatic N) is 1. The molecule has 0 aromatic carbocycles. The van der Waals surface area contributed by atoms with Crippen molar-refractivity contribution in [1.82, 2.24) is 4.37 Å². The highest BCUT2D eigenvalue weighted by Crippen LogP contribution is 2.22. The van der Waals surface area contributed by atoms with E-state index in [1.165, 1.54) is 11.5 Å². The van der Waals surface area contributed by atoms with Gasteiger partial charge in [0.1, 0.15) is 5.76 Å². The highest BCUT2D eigenvalue weighted by molar-refractivity contribution is 7.03. The van der Waals surface area contributed by atoms with Crippen LogP contribution in [-0.2, 0) is 0 Å². The summed E-state index contributed by atoms with van der Waals surface area (Å²) < 4.78 is 9.37. The zero-order chi connectivity index (χ0) is 9.26. The Hall–Kier alpha value is -1.13. The molecule has 0 bridgehead atoms. The maximum Gasteiger partial charge on any atom is 0.105 e. The lowest BCUT2D eigenvalue weighted by Gasteiger charge is -2.06. The monoisotopic (exact) mass is 194 g/mol. The summed E-state index contributed by atoms with van der Waals surface area (Å²) in [5, 5.41) is 1.92. The quantitative estimate of drug-likeness (QED) is 0.796. The van der Waals surface area contributed by atoms with Crippen molar-refractivity contribution in [1.29, 1.82) is 0 Å². The molecule has 1 atom stereocenters. The van der Waals surface area contributed by atoms with Gasteiger partial charge in [-0.1, -0.05) is 0 Å². The van der Waals surface area contributed by atoms with Crippen LogP contribution in [0.4, 0.5) is 0 Å². The first-order valence-corrected chi connectivity index (χ1v) is 4.82. The minimum absolute atomic E-state index is 0.162. The molecule has 2 heterocycles. The van der Waals surface area contributed by atoms with Gasteiger partial charge in [0.2, 0.25) is 0 Å². The molecule has 4 heteroatoms. The molecule has 2 N–H and O–H groups in total. The predicted molar refractivity (Wildman–Crippen MR) is 51.6 cm³/mol. The summed E-state index contributed by atoms with van der Waals surface area (Å²) in [4.78, 5) is 0. The number of aryl methyl sites for hydroxylation is 1. The highest BCUT2D eigenvalue weighted by Gasteiger charge is 2.14. The Morgan fingerprint density at radius 1 is 1.54 bits per heavy atom. The van der Waals surface area contributed by atoms with Gasteiger partial charge < -0.3 is 10.2 Å². The van der Waals surface area contributed by atoms with E-state index >= 15 is 0 Å². The Kier molecular flexibility index (Phi) is 2.16. The number of nitrogens with two attached hydrogens (primary N) is 1. The standard InChI is InChI=1S/C9H10N2OS/c1-6-7(2-4-12-6)9(10)8-3-5-13-11-8/h2-5,9H,10H2,1H3. The van der Waals surface area contributed by atoms with Crippen molar-refractivity contribution < 1.29 is 4.42 Å². The van der Waals surface area contributed by atoms with Gasteiger partial charge in [0, 0.05) is 10.9 Å². The summed E-state index contributed by atoms with van der Waals surface area (Å²) >= 11 is 1.41. The maximum atomic E-state index is 5.99. The third-order valence-electron chi connectivity index (χ3n) is 2.01. The molecule has 2 aromatic rings. The van der Waals surface area contributed by atoms with E-state index in [1.54, 1.807) is 6.26 Å². The molecule has 2 aromatic heterocycles. The van der Waals surface area contributed by atoms with Crippen LogP contribution in [0.15, 0.2) is 28.2 Å². The molecule has 0 aliphatic carbocycles. The van der Waals surface area contributed by atoms with Gasteiger partial charge in [-0.25, -0.2) is 0 Å². The number of hydrogen-bond acceptors (Lipinski definition) is 4. The van der Waals surface area contributed by atoms with Gasteiger partial charge in [-0.3, -0.25) is 0 Å². The SMILES string of the molecule is Cc1occc1C(N)c1ccsn1. The zero-order valence-corrected chi connectivity index (χ0v) is 8.04. The van der Waals surface area contributed by atoms with E-state index in [0.29, 0.717) is 0 Å². The van der Waals surface area contributed by atoms with Crippen molar-refractivity contribution in [3.63, 3.8) is 0 Å². The minimum atomic E-state index is -0.162. The predicted octanol–water partition coefficient (Wildman–Crippen LogP) is 2.09. The summed E-state index contributed by atoms with van der Waals surface area (Å²) in [6, 6.07) is 3.66. The van der Waals surface area contributed by atoms with Gasteiger partial charge in [-0.05, 0) is 30.6 Å². The van der Waals surface area contributed by atoms with E-state index in [1.807, 2.05) is 24.4 Å². The molecule has 0 amide bonds. The van der Waals surface area contributed by atoms with Crippen molar-refractivity contribution in [3.8, 4) is 0 Å². The van der Waals surface area contributed by atoms with Crippen LogP contribution >= 0.6 is 11.5 Å². The topological polar surface area (TPSA) is 52.0 Å². The Bertz CT molecular complexity index is 380. The van der Waals surface area contributed by atoms with Crippen LogP contribution in [0.3, 0.4) is 0 Å². The van der Waals surface area contributed by atoms with Crippen LogP contribution in [0.25, 0.3) is 0 Å². The molecule has 68 valence electrons. The van der Waals surface area contributed by atoms with E-state index in [4.69, 9.17) is 10.2 Å². The Balaban J connectivity index is 2.33. The molecule has 1 unspecified atom stereocenters. The molecule has 3 nitrogen and oxygen atoms in total. The summed E-state index contributed by atoms with van der Waals surface area (Å²) in [6.45, 7) is 1.90. The van der Waals surface area contributed by atoms with Crippen molar-refractivity contribution >= 4 is 11.5 Å². The van der Waals surface area contributed by atoms with E-state index in [0.717, 1.165) is 17.0 Å². The second-order valence-corrected chi connectivity index (χ2v) is 3.50. The fraction of sp³-hybridized carbons (Fsp3) is 0.222. The van der Waals surface area contributed by atoms with Crippen LogP contribution in [-0.4, -0.2) is 4.37 Å². The summed E-state index contributed by atoms with van der Waals surface area (Å²) in [5.41, 5.74) is 7.89. The third kappa shape index (κ3) is 1.50. The van der Waals surface area contributed by atoms with Crippen molar-refractivity contribution in [2.45, 2.75) is 13.0 Å². The number of rotatable bonds is 2. The van der Waals surface area contributed by atoms with Gasteiger partial charge in [0.05, 0.1) is 18.0 Å². The normalized spacial score (nSPS) is 13.1. The van der Waals surface area contributed by atoms with Crippen molar-refractivity contribution in [2.75, 3.05) is 0 Å². The molecule has 13 heavy (non-hydrogen) atoms. The lowest BCUT2D eigenvalue weighted by atomic mass is 10.1. The molecule has 0 aliphatic rings. The van der Waals surface area contributed by atoms with Crippen LogP contribution in [0.5, 0.6) is 0 Å². The van der Waals surface area contributed by atoms with Crippen LogP contribution < -0.4 is 5.73 Å². The minimum Gasteiger partial charge on any atom is -0.469 e. The number of aromatic nitrogens is 1. The number of furan rings is 1. The molecular weight excluding hydrogens is 184 g/mol. The van der Waals surface area contributed by atoms with E-state index in [-0.39, 0.29) is 6.04 Å². The first-order valence-electron chi connectivity index (χ1n) is 3.99. The van der Waals surface area contributed by atoms with Crippen LogP contribution in [0.1, 0.15) is 23.1 Å². The van der Waals surface area contributed by atoms with Gasteiger partial charge >= 0.3 is 0 Å². The molecule has 0 spiro atoms. The van der Waals surface area contributed by atoms with Gasteiger partial charge in [-0.15, -0.1) is 0 Å². The summed E-state index contributed by atoms with van der Waals surface area (Å²) in [6.07, 6.45) is 1.65. The highest BCUT2D eigenvalue weighted by atomic mass is 32.1. The number of hydrogen-bond donors (Lipinski definition) is 1. The second-order valence-electron chi connectivity index (χ2n) is 2.83. The van der Waals surface area contributed by atoms with Gasteiger partial charge in [-0.2, -0.15) is 4.37 Å².